The van der Waals surface area contributed by atoms with Crippen molar-refractivity contribution in [3.05, 3.63) is 53.2 Å². The molecule has 0 aliphatic rings. The van der Waals surface area contributed by atoms with Crippen LogP contribution in [0, 0.1) is 12.7 Å². The number of methoxy groups -OCH3 is 1. The number of hydrogen-bond donors (Lipinski definition) is 1. The first-order valence-corrected chi connectivity index (χ1v) is 7.25. The highest BCUT2D eigenvalue weighted by molar-refractivity contribution is 5.31. The van der Waals surface area contributed by atoms with Crippen LogP contribution in [0.25, 0.3) is 0 Å². The number of nitrogens with one attached hydrogen (secondary N) is 1. The standard InChI is InChI=1S/C17H22FNO2/c1-4-8-19-16(14-7-9-21-12(14)2)11-13-5-6-17(20-3)15(18)10-13/h5-7,9-10,16,19H,4,8,11H2,1-3H3. The number of aryl methyl sites for hydroxylation is 1. The summed E-state index contributed by atoms with van der Waals surface area (Å²) in [7, 11) is 1.47. The van der Waals surface area contributed by atoms with Gasteiger partial charge in [0.15, 0.2) is 11.6 Å². The molecule has 0 saturated heterocycles. The fourth-order valence-electron chi connectivity index (χ4n) is 2.44. The fraction of sp³-hybridized carbons (Fsp3) is 0.412. The Kier molecular flexibility index (Phi) is 5.39. The molecule has 3 nitrogen and oxygen atoms in total. The Bertz CT molecular complexity index is 580. The van der Waals surface area contributed by atoms with Gasteiger partial charge in [0, 0.05) is 11.6 Å². The minimum atomic E-state index is -0.326. The molecule has 0 aliphatic carbocycles. The normalized spacial score (nSPS) is 12.4. The maximum absolute atomic E-state index is 13.8. The fourth-order valence-corrected chi connectivity index (χ4v) is 2.44. The van der Waals surface area contributed by atoms with Gasteiger partial charge >= 0.3 is 0 Å². The van der Waals surface area contributed by atoms with Crippen LogP contribution < -0.4 is 10.1 Å². The summed E-state index contributed by atoms with van der Waals surface area (Å²) in [6.45, 7) is 4.98. The molecule has 0 saturated carbocycles. The van der Waals surface area contributed by atoms with Crippen LogP contribution in [0.2, 0.25) is 0 Å². The maximum atomic E-state index is 13.8. The maximum Gasteiger partial charge on any atom is 0.165 e. The van der Waals surface area contributed by atoms with Crippen LogP contribution in [0.5, 0.6) is 5.75 Å². The molecule has 2 rings (SSSR count). The Balaban J connectivity index is 2.18. The van der Waals surface area contributed by atoms with E-state index in [-0.39, 0.29) is 17.6 Å². The second kappa shape index (κ2) is 7.27. The quantitative estimate of drug-likeness (QED) is 0.836. The predicted molar refractivity (Wildman–Crippen MR) is 81.1 cm³/mol. The largest absolute Gasteiger partial charge is 0.494 e. The predicted octanol–water partition coefficient (Wildman–Crippen LogP) is 4.02. The molecule has 1 N–H and O–H groups in total. The summed E-state index contributed by atoms with van der Waals surface area (Å²) < 4.78 is 24.2. The average Bonchev–Trinajstić information content (AvgIpc) is 2.90. The number of ether oxygens (including phenoxy) is 1. The minimum Gasteiger partial charge on any atom is -0.494 e. The summed E-state index contributed by atoms with van der Waals surface area (Å²) in [5, 5.41) is 3.50. The van der Waals surface area contributed by atoms with E-state index in [2.05, 4.69) is 12.2 Å². The van der Waals surface area contributed by atoms with Gasteiger partial charge in [-0.1, -0.05) is 13.0 Å². The Morgan fingerprint density at radius 1 is 1.33 bits per heavy atom. The first-order valence-electron chi connectivity index (χ1n) is 7.25. The summed E-state index contributed by atoms with van der Waals surface area (Å²) >= 11 is 0. The van der Waals surface area contributed by atoms with E-state index in [0.29, 0.717) is 6.42 Å². The molecular formula is C17H22FNO2. The van der Waals surface area contributed by atoms with E-state index >= 15 is 0 Å². The van der Waals surface area contributed by atoms with Crippen molar-refractivity contribution < 1.29 is 13.5 Å². The topological polar surface area (TPSA) is 34.4 Å². The van der Waals surface area contributed by atoms with Crippen LogP contribution in [0.4, 0.5) is 4.39 Å². The summed E-state index contributed by atoms with van der Waals surface area (Å²) in [5.74, 6) is 0.849. The lowest BCUT2D eigenvalue weighted by Crippen LogP contribution is -2.24. The second-order valence-electron chi connectivity index (χ2n) is 5.11. The van der Waals surface area contributed by atoms with Crippen LogP contribution in [0.1, 0.15) is 36.3 Å². The van der Waals surface area contributed by atoms with E-state index in [4.69, 9.17) is 9.15 Å². The molecule has 0 amide bonds. The molecule has 1 unspecified atom stereocenters. The first-order chi connectivity index (χ1) is 10.2. The second-order valence-corrected chi connectivity index (χ2v) is 5.11. The molecule has 114 valence electrons. The molecular weight excluding hydrogens is 269 g/mol. The van der Waals surface area contributed by atoms with Gasteiger partial charge in [-0.3, -0.25) is 0 Å². The Hall–Kier alpha value is -1.81. The summed E-state index contributed by atoms with van der Waals surface area (Å²) in [4.78, 5) is 0. The SMILES string of the molecule is CCCNC(Cc1ccc(OC)c(F)c1)c1ccoc1C. The third kappa shape index (κ3) is 3.85. The number of halogens is 1. The summed E-state index contributed by atoms with van der Waals surface area (Å²) in [6, 6.07) is 7.20. The molecule has 1 aromatic heterocycles. The van der Waals surface area contributed by atoms with E-state index in [0.717, 1.165) is 29.9 Å². The van der Waals surface area contributed by atoms with Crippen molar-refractivity contribution in [1.82, 2.24) is 5.32 Å². The minimum absolute atomic E-state index is 0.122. The van der Waals surface area contributed by atoms with E-state index in [1.165, 1.54) is 13.2 Å². The number of hydrogen-bond acceptors (Lipinski definition) is 3. The van der Waals surface area contributed by atoms with Gasteiger partial charge in [-0.15, -0.1) is 0 Å². The smallest absolute Gasteiger partial charge is 0.165 e. The van der Waals surface area contributed by atoms with Crippen LogP contribution >= 0.6 is 0 Å². The van der Waals surface area contributed by atoms with E-state index in [1.807, 2.05) is 19.1 Å². The molecule has 0 spiro atoms. The highest BCUT2D eigenvalue weighted by Gasteiger charge is 2.16. The molecule has 0 aliphatic heterocycles. The van der Waals surface area contributed by atoms with Gasteiger partial charge in [0.2, 0.25) is 0 Å². The highest BCUT2D eigenvalue weighted by atomic mass is 19.1. The third-order valence-electron chi connectivity index (χ3n) is 3.57. The zero-order chi connectivity index (χ0) is 15.2. The van der Waals surface area contributed by atoms with Gasteiger partial charge in [0.25, 0.3) is 0 Å². The molecule has 1 atom stereocenters. The third-order valence-corrected chi connectivity index (χ3v) is 3.57. The van der Waals surface area contributed by atoms with Crippen LogP contribution in [0.3, 0.4) is 0 Å². The molecule has 2 aromatic rings. The first kappa shape index (κ1) is 15.6. The average molecular weight is 291 g/mol. The van der Waals surface area contributed by atoms with Crippen molar-refractivity contribution in [2.24, 2.45) is 0 Å². The number of furan rings is 1. The lowest BCUT2D eigenvalue weighted by Gasteiger charge is -2.18. The molecule has 1 aromatic carbocycles. The van der Waals surface area contributed by atoms with E-state index in [1.54, 1.807) is 12.3 Å². The van der Waals surface area contributed by atoms with Gasteiger partial charge in [-0.25, -0.2) is 4.39 Å². The zero-order valence-corrected chi connectivity index (χ0v) is 12.8. The van der Waals surface area contributed by atoms with Gasteiger partial charge in [0.1, 0.15) is 5.76 Å². The lowest BCUT2D eigenvalue weighted by molar-refractivity contribution is 0.386. The van der Waals surface area contributed by atoms with Crippen molar-refractivity contribution in [1.29, 1.82) is 0 Å². The molecule has 0 bridgehead atoms. The van der Waals surface area contributed by atoms with Gasteiger partial charge in [0.05, 0.1) is 13.4 Å². The summed E-state index contributed by atoms with van der Waals surface area (Å²) in [5.41, 5.74) is 2.06. The van der Waals surface area contributed by atoms with Crippen LogP contribution in [-0.2, 0) is 6.42 Å². The molecule has 0 radical (unpaired) electrons. The number of rotatable bonds is 7. The van der Waals surface area contributed by atoms with Crippen molar-refractivity contribution in [3.63, 3.8) is 0 Å². The molecule has 21 heavy (non-hydrogen) atoms. The van der Waals surface area contributed by atoms with Crippen LogP contribution in [0.15, 0.2) is 34.9 Å². The van der Waals surface area contributed by atoms with Crippen molar-refractivity contribution in [3.8, 4) is 5.75 Å². The van der Waals surface area contributed by atoms with Gasteiger partial charge < -0.3 is 14.5 Å². The highest BCUT2D eigenvalue weighted by Crippen LogP contribution is 2.25. The van der Waals surface area contributed by atoms with Crippen molar-refractivity contribution in [2.45, 2.75) is 32.7 Å². The van der Waals surface area contributed by atoms with E-state index in [9.17, 15) is 4.39 Å². The Labute approximate surface area is 125 Å². The van der Waals surface area contributed by atoms with Crippen molar-refractivity contribution >= 4 is 0 Å². The molecule has 4 heteroatoms. The zero-order valence-electron chi connectivity index (χ0n) is 12.8. The lowest BCUT2D eigenvalue weighted by atomic mass is 9.99. The number of benzene rings is 1. The monoisotopic (exact) mass is 291 g/mol. The van der Waals surface area contributed by atoms with Gasteiger partial charge in [-0.05, 0) is 50.1 Å². The Morgan fingerprint density at radius 2 is 2.14 bits per heavy atom. The van der Waals surface area contributed by atoms with Crippen molar-refractivity contribution in [2.75, 3.05) is 13.7 Å². The molecule has 0 fully saturated rings. The van der Waals surface area contributed by atoms with Crippen LogP contribution in [-0.4, -0.2) is 13.7 Å². The summed E-state index contributed by atoms with van der Waals surface area (Å²) in [6.07, 6.45) is 3.45. The Morgan fingerprint density at radius 3 is 2.71 bits per heavy atom. The van der Waals surface area contributed by atoms with Gasteiger partial charge in [-0.2, -0.15) is 0 Å². The molecule has 1 heterocycles. The van der Waals surface area contributed by atoms with E-state index < -0.39 is 0 Å².